The maximum absolute atomic E-state index is 14.8. The summed E-state index contributed by atoms with van der Waals surface area (Å²) >= 11 is 0. The molecule has 8 nitrogen and oxygen atoms in total. The first kappa shape index (κ1) is 23.5. The first-order chi connectivity index (χ1) is 18.4. The molecule has 0 saturated carbocycles. The van der Waals surface area contributed by atoms with Crippen molar-refractivity contribution in [3.8, 4) is 17.1 Å². The zero-order valence-corrected chi connectivity index (χ0v) is 20.1. The van der Waals surface area contributed by atoms with Gasteiger partial charge >= 0.3 is 0 Å². The minimum absolute atomic E-state index is 0.0170. The summed E-state index contributed by atoms with van der Waals surface area (Å²) in [6, 6.07) is 19.3. The molecule has 3 heterocycles. The van der Waals surface area contributed by atoms with Crippen LogP contribution in [-0.4, -0.2) is 39.6 Å². The van der Waals surface area contributed by atoms with Gasteiger partial charge in [0.05, 0.1) is 17.9 Å². The molecule has 2 atom stereocenters. The van der Waals surface area contributed by atoms with Crippen LogP contribution in [0.5, 0.6) is 5.88 Å². The Labute approximate surface area is 216 Å². The van der Waals surface area contributed by atoms with Gasteiger partial charge in [-0.1, -0.05) is 54.6 Å². The predicted octanol–water partition coefficient (Wildman–Crippen LogP) is 4.15. The first-order valence-corrected chi connectivity index (χ1v) is 12.0. The molecule has 6 rings (SSSR count). The van der Waals surface area contributed by atoms with Crippen LogP contribution in [0, 0.1) is 11.6 Å². The van der Waals surface area contributed by atoms with Crippen molar-refractivity contribution >= 4 is 23.2 Å². The van der Waals surface area contributed by atoms with Crippen LogP contribution >= 0.6 is 0 Å². The zero-order valence-electron chi connectivity index (χ0n) is 20.1. The van der Waals surface area contributed by atoms with Crippen molar-refractivity contribution in [2.24, 2.45) is 4.99 Å². The van der Waals surface area contributed by atoms with Crippen LogP contribution < -0.4 is 15.4 Å². The fourth-order valence-corrected chi connectivity index (χ4v) is 4.63. The molecule has 0 aliphatic carbocycles. The van der Waals surface area contributed by atoms with Crippen LogP contribution in [0.25, 0.3) is 11.3 Å². The van der Waals surface area contributed by atoms with Gasteiger partial charge in [-0.25, -0.2) is 18.5 Å². The summed E-state index contributed by atoms with van der Waals surface area (Å²) in [7, 11) is 0. The molecule has 0 spiro atoms. The average Bonchev–Trinajstić information content (AvgIpc) is 3.39. The molecule has 0 radical (unpaired) electrons. The molecule has 4 aromatic rings. The van der Waals surface area contributed by atoms with Crippen molar-refractivity contribution in [2.45, 2.75) is 25.7 Å². The van der Waals surface area contributed by atoms with Gasteiger partial charge in [-0.3, -0.25) is 9.59 Å². The number of nitrogens with one attached hydrogen (secondary N) is 2. The first-order valence-electron chi connectivity index (χ1n) is 12.0. The van der Waals surface area contributed by atoms with Crippen LogP contribution in [0.15, 0.2) is 77.8 Å². The number of carbonyl (C=O) groups excluding carboxylic acids is 2. The number of anilines is 1. The van der Waals surface area contributed by atoms with Crippen LogP contribution in [0.2, 0.25) is 0 Å². The van der Waals surface area contributed by atoms with E-state index in [0.717, 1.165) is 0 Å². The fourth-order valence-electron chi connectivity index (χ4n) is 4.63. The Morgan fingerprint density at radius 3 is 2.50 bits per heavy atom. The number of carbonyl (C=O) groups is 2. The highest BCUT2D eigenvalue weighted by Crippen LogP contribution is 2.36. The highest BCUT2D eigenvalue weighted by molar-refractivity contribution is 6.20. The third-order valence-electron chi connectivity index (χ3n) is 6.34. The number of ether oxygens (including phenoxy) is 1. The lowest BCUT2D eigenvalue weighted by Gasteiger charge is -2.14. The molecule has 0 unspecified atom stereocenters. The molecular formula is C28H21F2N5O3. The summed E-state index contributed by atoms with van der Waals surface area (Å²) in [5.74, 6) is -2.49. The average molecular weight is 514 g/mol. The summed E-state index contributed by atoms with van der Waals surface area (Å²) in [5, 5.41) is 9.61. The zero-order chi connectivity index (χ0) is 26.4. The van der Waals surface area contributed by atoms with E-state index in [1.807, 2.05) is 13.0 Å². The number of rotatable bonds is 4. The predicted molar refractivity (Wildman–Crippen MR) is 136 cm³/mol. The Bertz CT molecular complexity index is 1620. The van der Waals surface area contributed by atoms with Gasteiger partial charge in [-0.05, 0) is 25.1 Å². The molecule has 38 heavy (non-hydrogen) atoms. The maximum atomic E-state index is 14.8. The second kappa shape index (κ2) is 9.22. The monoisotopic (exact) mass is 513 g/mol. The lowest BCUT2D eigenvalue weighted by Crippen LogP contribution is -2.42. The van der Waals surface area contributed by atoms with Crippen molar-refractivity contribution in [1.29, 1.82) is 0 Å². The molecule has 2 aliphatic rings. The van der Waals surface area contributed by atoms with E-state index in [-0.39, 0.29) is 34.5 Å². The second-order valence-electron chi connectivity index (χ2n) is 8.99. The molecule has 0 fully saturated rings. The number of benzodiazepines with no additional fused rings is 1. The standard InChI is InChI=1S/C28H21F2N5O3/c1-15-14-35-28(38-15)21(24(34-35)17-10-5-6-12-19(17)29)26(36)33-25-27(37)32-23-18(11-7-13-20(23)30)22(31-25)16-8-3-2-4-9-16/h2-13,15,25H,14H2,1H3,(H,32,37)(H,33,36)/t15-,25+/m0/s1. The Kier molecular flexibility index (Phi) is 5.71. The molecule has 190 valence electrons. The van der Waals surface area contributed by atoms with E-state index in [1.165, 1.54) is 35.0 Å². The van der Waals surface area contributed by atoms with E-state index >= 15 is 0 Å². The summed E-state index contributed by atoms with van der Waals surface area (Å²) in [6.45, 7) is 2.19. The van der Waals surface area contributed by atoms with E-state index < -0.39 is 29.6 Å². The van der Waals surface area contributed by atoms with Crippen molar-refractivity contribution in [3.05, 3.63) is 101 Å². The van der Waals surface area contributed by atoms with Crippen molar-refractivity contribution in [3.63, 3.8) is 0 Å². The number of hydrogen-bond acceptors (Lipinski definition) is 5. The van der Waals surface area contributed by atoms with E-state index in [4.69, 9.17) is 4.74 Å². The Hall–Kier alpha value is -4.86. The molecule has 0 saturated heterocycles. The number of para-hydroxylation sites is 1. The van der Waals surface area contributed by atoms with Gasteiger partial charge in [-0.2, -0.15) is 5.10 Å². The Morgan fingerprint density at radius 2 is 1.71 bits per heavy atom. The van der Waals surface area contributed by atoms with Gasteiger partial charge in [0.15, 0.2) is 0 Å². The number of benzene rings is 3. The Morgan fingerprint density at radius 1 is 1.00 bits per heavy atom. The minimum Gasteiger partial charge on any atom is -0.472 e. The van der Waals surface area contributed by atoms with Crippen molar-refractivity contribution < 1.29 is 23.1 Å². The minimum atomic E-state index is -1.42. The number of hydrogen-bond donors (Lipinski definition) is 2. The molecule has 2 aliphatic heterocycles. The number of amides is 2. The van der Waals surface area contributed by atoms with Crippen LogP contribution in [0.4, 0.5) is 14.5 Å². The van der Waals surface area contributed by atoms with Gasteiger partial charge in [0, 0.05) is 16.7 Å². The summed E-state index contributed by atoms with van der Waals surface area (Å²) in [6.07, 6.45) is -1.67. The van der Waals surface area contributed by atoms with Crippen LogP contribution in [-0.2, 0) is 11.3 Å². The Balaban J connectivity index is 1.43. The summed E-state index contributed by atoms with van der Waals surface area (Å²) in [4.78, 5) is 31.4. The quantitative estimate of drug-likeness (QED) is 0.428. The smallest absolute Gasteiger partial charge is 0.269 e. The molecule has 3 aromatic carbocycles. The van der Waals surface area contributed by atoms with Crippen LogP contribution in [0.3, 0.4) is 0 Å². The van der Waals surface area contributed by atoms with E-state index in [0.29, 0.717) is 23.4 Å². The van der Waals surface area contributed by atoms with E-state index in [9.17, 15) is 18.4 Å². The lowest BCUT2D eigenvalue weighted by molar-refractivity contribution is -0.117. The third kappa shape index (κ3) is 4.00. The third-order valence-corrected chi connectivity index (χ3v) is 6.34. The second-order valence-corrected chi connectivity index (χ2v) is 8.99. The highest BCUT2D eigenvalue weighted by Gasteiger charge is 2.35. The molecule has 1 aromatic heterocycles. The maximum Gasteiger partial charge on any atom is 0.269 e. The number of aromatic nitrogens is 2. The fraction of sp³-hybridized carbons (Fsp3) is 0.143. The molecule has 10 heteroatoms. The van der Waals surface area contributed by atoms with Gasteiger partial charge in [-0.15, -0.1) is 0 Å². The van der Waals surface area contributed by atoms with Crippen LogP contribution in [0.1, 0.15) is 28.4 Å². The van der Waals surface area contributed by atoms with E-state index in [2.05, 4.69) is 20.7 Å². The number of aliphatic imine (C=N–C) groups is 1. The highest BCUT2D eigenvalue weighted by atomic mass is 19.1. The number of fused-ring (bicyclic) bond motifs is 2. The molecule has 2 amide bonds. The molecule has 0 bridgehead atoms. The number of halogens is 2. The van der Waals surface area contributed by atoms with Gasteiger partial charge in [0.25, 0.3) is 11.8 Å². The molecule has 2 N–H and O–H groups in total. The summed E-state index contributed by atoms with van der Waals surface area (Å²) in [5.41, 5.74) is 1.47. The van der Waals surface area contributed by atoms with Crippen molar-refractivity contribution in [1.82, 2.24) is 15.1 Å². The largest absolute Gasteiger partial charge is 0.472 e. The summed E-state index contributed by atoms with van der Waals surface area (Å²) < 4.78 is 36.8. The number of nitrogens with zero attached hydrogens (tertiary/aromatic N) is 3. The SMILES string of the molecule is C[C@H]1Cn2nc(-c3ccccc3F)c(C(=O)N[C@H]3N=C(c4ccccc4)c4cccc(F)c4NC3=O)c2O1. The van der Waals surface area contributed by atoms with Gasteiger partial charge < -0.3 is 15.4 Å². The topological polar surface area (TPSA) is 97.6 Å². The van der Waals surface area contributed by atoms with Crippen molar-refractivity contribution in [2.75, 3.05) is 5.32 Å². The normalized spacial score (nSPS) is 18.0. The lowest BCUT2D eigenvalue weighted by atomic mass is 10.0. The van der Waals surface area contributed by atoms with Gasteiger partial charge in [0.2, 0.25) is 12.0 Å². The van der Waals surface area contributed by atoms with Gasteiger partial charge in [0.1, 0.15) is 29.0 Å². The van der Waals surface area contributed by atoms with E-state index in [1.54, 1.807) is 36.4 Å². The molecular weight excluding hydrogens is 492 g/mol.